The van der Waals surface area contributed by atoms with E-state index in [1.54, 1.807) is 12.3 Å². The predicted molar refractivity (Wildman–Crippen MR) is 60.6 cm³/mol. The Balaban J connectivity index is 2.26. The number of anilines is 1. The number of amides is 1. The highest BCUT2D eigenvalue weighted by Crippen LogP contribution is 1.96. The highest BCUT2D eigenvalue weighted by atomic mass is 16.3. The van der Waals surface area contributed by atoms with Crippen LogP contribution in [0.5, 0.6) is 0 Å². The molecule has 1 unspecified atom stereocenters. The zero-order valence-corrected chi connectivity index (χ0v) is 9.39. The molecule has 16 heavy (non-hydrogen) atoms. The number of hydrogen-bond donors (Lipinski definition) is 3. The zero-order chi connectivity index (χ0) is 12.0. The maximum atomic E-state index is 11.4. The Hall–Kier alpha value is -1.56. The standard InChI is InChI=1S/C10H18N4O2/c1-2-3-8(15)6-12-10(16)7-14-5-4-9(11)13-14/h4-5,8,15H,2-3,6-7H2,1H3,(H2,11,13)(H,12,16). The molecule has 1 atom stereocenters. The van der Waals surface area contributed by atoms with Crippen LogP contribution in [0.2, 0.25) is 0 Å². The number of aromatic nitrogens is 2. The Bertz CT molecular complexity index is 337. The summed E-state index contributed by atoms with van der Waals surface area (Å²) in [5.41, 5.74) is 5.41. The number of nitrogen functional groups attached to an aromatic ring is 1. The smallest absolute Gasteiger partial charge is 0.241 e. The van der Waals surface area contributed by atoms with E-state index in [9.17, 15) is 9.90 Å². The van der Waals surface area contributed by atoms with Gasteiger partial charge in [0.1, 0.15) is 12.4 Å². The van der Waals surface area contributed by atoms with Crippen LogP contribution < -0.4 is 11.1 Å². The SMILES string of the molecule is CCCC(O)CNC(=O)Cn1ccc(N)n1. The summed E-state index contributed by atoms with van der Waals surface area (Å²) < 4.78 is 1.46. The van der Waals surface area contributed by atoms with Crippen LogP contribution in [0, 0.1) is 0 Å². The van der Waals surface area contributed by atoms with Gasteiger partial charge in [0, 0.05) is 12.7 Å². The average Bonchev–Trinajstić information content (AvgIpc) is 2.61. The van der Waals surface area contributed by atoms with Crippen LogP contribution in [-0.2, 0) is 11.3 Å². The molecule has 0 aromatic carbocycles. The highest BCUT2D eigenvalue weighted by molar-refractivity contribution is 5.75. The number of hydrogen-bond acceptors (Lipinski definition) is 4. The van der Waals surface area contributed by atoms with Gasteiger partial charge >= 0.3 is 0 Å². The summed E-state index contributed by atoms with van der Waals surface area (Å²) >= 11 is 0. The van der Waals surface area contributed by atoms with Crippen molar-refractivity contribution in [3.05, 3.63) is 12.3 Å². The summed E-state index contributed by atoms with van der Waals surface area (Å²) in [6, 6.07) is 1.62. The number of aliphatic hydroxyl groups is 1. The second-order valence-electron chi connectivity index (χ2n) is 3.68. The van der Waals surface area contributed by atoms with E-state index in [1.807, 2.05) is 6.92 Å². The molecule has 0 aliphatic rings. The number of carbonyl (C=O) groups is 1. The van der Waals surface area contributed by atoms with Crippen LogP contribution in [0.4, 0.5) is 5.82 Å². The molecule has 1 aromatic rings. The fourth-order valence-corrected chi connectivity index (χ4v) is 1.34. The molecule has 0 bridgehead atoms. The summed E-state index contributed by atoms with van der Waals surface area (Å²) in [5, 5.41) is 15.9. The topological polar surface area (TPSA) is 93.2 Å². The first kappa shape index (κ1) is 12.5. The van der Waals surface area contributed by atoms with Crippen LogP contribution >= 0.6 is 0 Å². The number of nitrogens with one attached hydrogen (secondary N) is 1. The lowest BCUT2D eigenvalue weighted by Gasteiger charge is -2.10. The molecule has 1 aromatic heterocycles. The van der Waals surface area contributed by atoms with Crippen LogP contribution in [-0.4, -0.2) is 33.4 Å². The van der Waals surface area contributed by atoms with Crippen molar-refractivity contribution in [2.24, 2.45) is 0 Å². The maximum absolute atomic E-state index is 11.4. The lowest BCUT2D eigenvalue weighted by Crippen LogP contribution is -2.34. The molecule has 4 N–H and O–H groups in total. The molecule has 6 heteroatoms. The molecule has 0 saturated heterocycles. The lowest BCUT2D eigenvalue weighted by atomic mass is 10.2. The van der Waals surface area contributed by atoms with Gasteiger partial charge in [-0.2, -0.15) is 5.10 Å². The van der Waals surface area contributed by atoms with Gasteiger partial charge in [-0.25, -0.2) is 0 Å². The predicted octanol–water partition coefficient (Wildman–Crippen LogP) is -0.257. The van der Waals surface area contributed by atoms with E-state index >= 15 is 0 Å². The van der Waals surface area contributed by atoms with Crippen molar-refractivity contribution >= 4 is 11.7 Å². The van der Waals surface area contributed by atoms with E-state index in [1.165, 1.54) is 4.68 Å². The number of nitrogens with two attached hydrogens (primary N) is 1. The summed E-state index contributed by atoms with van der Waals surface area (Å²) in [6.45, 7) is 2.39. The molecule has 1 amide bonds. The van der Waals surface area contributed by atoms with Gasteiger partial charge in [-0.1, -0.05) is 13.3 Å². The highest BCUT2D eigenvalue weighted by Gasteiger charge is 2.07. The fourth-order valence-electron chi connectivity index (χ4n) is 1.34. The molecule has 0 saturated carbocycles. The minimum absolute atomic E-state index is 0.121. The first-order chi connectivity index (χ1) is 7.61. The van der Waals surface area contributed by atoms with Crippen molar-refractivity contribution in [1.82, 2.24) is 15.1 Å². The van der Waals surface area contributed by atoms with Gasteiger partial charge in [0.15, 0.2) is 0 Å². The van der Waals surface area contributed by atoms with E-state index in [-0.39, 0.29) is 19.0 Å². The monoisotopic (exact) mass is 226 g/mol. The van der Waals surface area contributed by atoms with E-state index in [2.05, 4.69) is 10.4 Å². The molecule has 0 radical (unpaired) electrons. The van der Waals surface area contributed by atoms with Crippen molar-refractivity contribution in [2.75, 3.05) is 12.3 Å². The van der Waals surface area contributed by atoms with Crippen LogP contribution in [0.25, 0.3) is 0 Å². The molecule has 90 valence electrons. The van der Waals surface area contributed by atoms with Gasteiger partial charge in [0.2, 0.25) is 5.91 Å². The van der Waals surface area contributed by atoms with Gasteiger partial charge < -0.3 is 16.2 Å². The minimum Gasteiger partial charge on any atom is -0.391 e. The van der Waals surface area contributed by atoms with Crippen molar-refractivity contribution in [3.8, 4) is 0 Å². The van der Waals surface area contributed by atoms with Crippen LogP contribution in [0.3, 0.4) is 0 Å². The van der Waals surface area contributed by atoms with Crippen molar-refractivity contribution < 1.29 is 9.90 Å². The van der Waals surface area contributed by atoms with Crippen molar-refractivity contribution in [2.45, 2.75) is 32.4 Å². The van der Waals surface area contributed by atoms with E-state index in [4.69, 9.17) is 5.73 Å². The normalized spacial score (nSPS) is 12.4. The van der Waals surface area contributed by atoms with Gasteiger partial charge in [-0.3, -0.25) is 9.48 Å². The third kappa shape index (κ3) is 4.31. The largest absolute Gasteiger partial charge is 0.391 e. The summed E-state index contributed by atoms with van der Waals surface area (Å²) in [7, 11) is 0. The van der Waals surface area contributed by atoms with Crippen molar-refractivity contribution in [3.63, 3.8) is 0 Å². The van der Waals surface area contributed by atoms with Crippen LogP contribution in [0.1, 0.15) is 19.8 Å². The van der Waals surface area contributed by atoms with E-state index in [0.29, 0.717) is 12.2 Å². The Kier molecular flexibility index (Phi) is 4.78. The summed E-state index contributed by atoms with van der Waals surface area (Å²) in [6.07, 6.45) is 2.75. The minimum atomic E-state index is -0.475. The Labute approximate surface area is 94.4 Å². The number of nitrogens with zero attached hydrogens (tertiary/aromatic N) is 2. The number of aliphatic hydroxyl groups excluding tert-OH is 1. The zero-order valence-electron chi connectivity index (χ0n) is 9.39. The first-order valence-electron chi connectivity index (χ1n) is 5.35. The Morgan fingerprint density at radius 3 is 3.06 bits per heavy atom. The summed E-state index contributed by atoms with van der Waals surface area (Å²) in [5.74, 6) is 0.206. The fraction of sp³-hybridized carbons (Fsp3) is 0.600. The molecule has 6 nitrogen and oxygen atoms in total. The average molecular weight is 226 g/mol. The molecular formula is C10H18N4O2. The van der Waals surface area contributed by atoms with E-state index in [0.717, 1.165) is 6.42 Å². The maximum Gasteiger partial charge on any atom is 0.241 e. The van der Waals surface area contributed by atoms with Gasteiger partial charge in [0.25, 0.3) is 0 Å². The third-order valence-corrected chi connectivity index (χ3v) is 2.12. The lowest BCUT2D eigenvalue weighted by molar-refractivity contribution is -0.122. The van der Waals surface area contributed by atoms with Crippen LogP contribution in [0.15, 0.2) is 12.3 Å². The molecule has 1 rings (SSSR count). The second-order valence-corrected chi connectivity index (χ2v) is 3.68. The van der Waals surface area contributed by atoms with Gasteiger partial charge in [0.05, 0.1) is 6.10 Å². The van der Waals surface area contributed by atoms with Crippen molar-refractivity contribution in [1.29, 1.82) is 0 Å². The molecule has 1 heterocycles. The van der Waals surface area contributed by atoms with Gasteiger partial charge in [-0.15, -0.1) is 0 Å². The van der Waals surface area contributed by atoms with E-state index < -0.39 is 6.10 Å². The number of rotatable bonds is 6. The Morgan fingerprint density at radius 1 is 1.75 bits per heavy atom. The number of carbonyl (C=O) groups excluding carboxylic acids is 1. The Morgan fingerprint density at radius 2 is 2.50 bits per heavy atom. The molecule has 0 spiro atoms. The molecule has 0 fully saturated rings. The van der Waals surface area contributed by atoms with Gasteiger partial charge in [-0.05, 0) is 12.5 Å². The molecular weight excluding hydrogens is 208 g/mol. The second kappa shape index (κ2) is 6.12. The molecule has 0 aliphatic heterocycles. The third-order valence-electron chi connectivity index (χ3n) is 2.12. The summed E-state index contributed by atoms with van der Waals surface area (Å²) in [4.78, 5) is 11.4. The molecule has 0 aliphatic carbocycles. The quantitative estimate of drug-likeness (QED) is 0.623. The first-order valence-corrected chi connectivity index (χ1v) is 5.35.